The summed E-state index contributed by atoms with van der Waals surface area (Å²) in [5, 5.41) is 3.19. The summed E-state index contributed by atoms with van der Waals surface area (Å²) in [4.78, 5) is 31.6. The van der Waals surface area contributed by atoms with E-state index in [-0.39, 0.29) is 22.6 Å². The number of carbonyl (C=O) groups is 1. The predicted molar refractivity (Wildman–Crippen MR) is 100 cm³/mol. The van der Waals surface area contributed by atoms with Crippen molar-refractivity contribution >= 4 is 17.0 Å². The standard InChI is InChI=1S/C19H28N4O3/c1-12-7-5-8-13(2)23(12)10-6-9-20-17(24)15-14(3)26-18-16(15)19(25)22(4)11-21-18/h11-13H,5-10H2,1-4H3,(H,20,24)/t12-,13-/m1/s1. The van der Waals surface area contributed by atoms with E-state index < -0.39 is 0 Å². The van der Waals surface area contributed by atoms with E-state index in [9.17, 15) is 9.59 Å². The van der Waals surface area contributed by atoms with Gasteiger partial charge in [0.05, 0.1) is 5.56 Å². The van der Waals surface area contributed by atoms with Crippen molar-refractivity contribution in [2.45, 2.75) is 58.5 Å². The number of piperidine rings is 1. The Morgan fingerprint density at radius 1 is 1.35 bits per heavy atom. The van der Waals surface area contributed by atoms with Crippen LogP contribution in [0.15, 0.2) is 15.5 Å². The minimum Gasteiger partial charge on any atom is -0.442 e. The molecule has 0 aromatic carbocycles. The molecule has 1 N–H and O–H groups in total. The lowest BCUT2D eigenvalue weighted by Gasteiger charge is -2.39. The number of amides is 1. The first-order valence-electron chi connectivity index (χ1n) is 9.38. The third-order valence-electron chi connectivity index (χ3n) is 5.43. The van der Waals surface area contributed by atoms with Crippen LogP contribution < -0.4 is 10.9 Å². The largest absolute Gasteiger partial charge is 0.442 e. The van der Waals surface area contributed by atoms with E-state index in [4.69, 9.17) is 4.42 Å². The molecule has 1 fully saturated rings. The van der Waals surface area contributed by atoms with Crippen LogP contribution >= 0.6 is 0 Å². The van der Waals surface area contributed by atoms with Gasteiger partial charge in [-0.3, -0.25) is 14.5 Å². The SMILES string of the molecule is Cc1oc2ncn(C)c(=O)c2c1C(=O)NCCCN1[C@H](C)CCC[C@H]1C. The second-order valence-corrected chi connectivity index (χ2v) is 7.35. The number of aryl methyl sites for hydroxylation is 2. The fourth-order valence-electron chi connectivity index (χ4n) is 3.93. The van der Waals surface area contributed by atoms with Crippen molar-refractivity contribution in [1.82, 2.24) is 19.8 Å². The van der Waals surface area contributed by atoms with E-state index >= 15 is 0 Å². The Bertz CT molecular complexity index is 844. The number of rotatable bonds is 5. The lowest BCUT2D eigenvalue weighted by Crippen LogP contribution is -2.44. The van der Waals surface area contributed by atoms with Crippen LogP contribution in [-0.2, 0) is 7.05 Å². The van der Waals surface area contributed by atoms with Crippen LogP contribution in [0.4, 0.5) is 0 Å². The molecule has 0 spiro atoms. The number of likely N-dealkylation sites (tertiary alicyclic amines) is 1. The highest BCUT2D eigenvalue weighted by molar-refractivity contribution is 6.06. The predicted octanol–water partition coefficient (Wildman–Crippen LogP) is 2.22. The fourth-order valence-corrected chi connectivity index (χ4v) is 3.93. The van der Waals surface area contributed by atoms with Gasteiger partial charge in [-0.25, -0.2) is 4.98 Å². The van der Waals surface area contributed by atoms with E-state index in [2.05, 4.69) is 29.0 Å². The van der Waals surface area contributed by atoms with Gasteiger partial charge in [-0.2, -0.15) is 0 Å². The lowest BCUT2D eigenvalue weighted by molar-refractivity contribution is 0.0925. The summed E-state index contributed by atoms with van der Waals surface area (Å²) in [6, 6.07) is 1.20. The Kier molecular flexibility index (Phi) is 5.46. The number of nitrogens with zero attached hydrogens (tertiary/aromatic N) is 3. The molecule has 0 radical (unpaired) electrons. The van der Waals surface area contributed by atoms with Crippen molar-refractivity contribution in [2.75, 3.05) is 13.1 Å². The average molecular weight is 360 g/mol. The summed E-state index contributed by atoms with van der Waals surface area (Å²) in [6.45, 7) is 7.78. The Hall–Kier alpha value is -2.15. The van der Waals surface area contributed by atoms with Crippen molar-refractivity contribution in [3.8, 4) is 0 Å². The summed E-state index contributed by atoms with van der Waals surface area (Å²) in [6.07, 6.45) is 6.06. The number of hydrogen-bond acceptors (Lipinski definition) is 5. The van der Waals surface area contributed by atoms with E-state index in [1.54, 1.807) is 14.0 Å². The van der Waals surface area contributed by atoms with Crippen LogP contribution in [0.1, 0.15) is 55.6 Å². The molecule has 2 aromatic rings. The highest BCUT2D eigenvalue weighted by atomic mass is 16.3. The summed E-state index contributed by atoms with van der Waals surface area (Å²) in [5.74, 6) is 0.151. The average Bonchev–Trinajstić information content (AvgIpc) is 2.94. The third-order valence-corrected chi connectivity index (χ3v) is 5.43. The zero-order valence-electron chi connectivity index (χ0n) is 16.0. The van der Waals surface area contributed by atoms with E-state index in [1.165, 1.54) is 30.2 Å². The minimum atomic E-state index is -0.272. The molecule has 1 amide bonds. The zero-order valence-corrected chi connectivity index (χ0v) is 16.0. The van der Waals surface area contributed by atoms with Crippen LogP contribution in [0, 0.1) is 6.92 Å². The van der Waals surface area contributed by atoms with Crippen molar-refractivity contribution < 1.29 is 9.21 Å². The maximum atomic E-state index is 12.6. The molecule has 3 rings (SSSR count). The fraction of sp³-hybridized carbons (Fsp3) is 0.632. The molecule has 142 valence electrons. The smallest absolute Gasteiger partial charge is 0.265 e. The number of fused-ring (bicyclic) bond motifs is 1. The third kappa shape index (κ3) is 3.53. The number of aromatic nitrogens is 2. The molecule has 0 aliphatic carbocycles. The topological polar surface area (TPSA) is 80.4 Å². The molecule has 0 unspecified atom stereocenters. The van der Waals surface area contributed by atoms with Crippen LogP contribution in [0.3, 0.4) is 0 Å². The molecule has 0 bridgehead atoms. The quantitative estimate of drug-likeness (QED) is 0.827. The molecule has 3 heterocycles. The Morgan fingerprint density at radius 2 is 2.04 bits per heavy atom. The van der Waals surface area contributed by atoms with Crippen molar-refractivity contribution in [3.05, 3.63) is 28.0 Å². The van der Waals surface area contributed by atoms with Crippen molar-refractivity contribution in [2.24, 2.45) is 7.05 Å². The molecule has 26 heavy (non-hydrogen) atoms. The maximum absolute atomic E-state index is 12.6. The molecule has 1 saturated heterocycles. The molecular formula is C19H28N4O3. The Morgan fingerprint density at radius 3 is 2.73 bits per heavy atom. The molecule has 2 aromatic heterocycles. The first-order chi connectivity index (χ1) is 12.4. The molecule has 7 nitrogen and oxygen atoms in total. The van der Waals surface area contributed by atoms with Crippen LogP contribution in [0.25, 0.3) is 11.1 Å². The summed E-state index contributed by atoms with van der Waals surface area (Å²) in [7, 11) is 1.61. The number of hydrogen-bond donors (Lipinski definition) is 1. The van der Waals surface area contributed by atoms with Gasteiger partial charge in [0.25, 0.3) is 11.5 Å². The molecule has 0 saturated carbocycles. The van der Waals surface area contributed by atoms with Crippen LogP contribution in [0.2, 0.25) is 0 Å². The van der Waals surface area contributed by atoms with Gasteiger partial charge in [0.15, 0.2) is 0 Å². The number of carbonyl (C=O) groups excluding carboxylic acids is 1. The summed E-state index contributed by atoms with van der Waals surface area (Å²) < 4.78 is 6.85. The van der Waals surface area contributed by atoms with E-state index in [0.29, 0.717) is 30.0 Å². The van der Waals surface area contributed by atoms with Gasteiger partial charge in [-0.15, -0.1) is 0 Å². The van der Waals surface area contributed by atoms with Crippen LogP contribution in [0.5, 0.6) is 0 Å². The van der Waals surface area contributed by atoms with Gasteiger partial charge in [-0.1, -0.05) is 6.42 Å². The van der Waals surface area contributed by atoms with Crippen LogP contribution in [-0.4, -0.2) is 45.5 Å². The van der Waals surface area contributed by atoms with Gasteiger partial charge in [0, 0.05) is 32.2 Å². The number of nitrogens with one attached hydrogen (secondary N) is 1. The maximum Gasteiger partial charge on any atom is 0.265 e. The normalized spacial score (nSPS) is 21.2. The minimum absolute atomic E-state index is 0.215. The van der Waals surface area contributed by atoms with Gasteiger partial charge in [-0.05, 0) is 40.0 Å². The van der Waals surface area contributed by atoms with E-state index in [1.807, 2.05) is 0 Å². The lowest BCUT2D eigenvalue weighted by atomic mass is 9.97. The van der Waals surface area contributed by atoms with Crippen molar-refractivity contribution in [3.63, 3.8) is 0 Å². The monoisotopic (exact) mass is 360 g/mol. The van der Waals surface area contributed by atoms with Gasteiger partial charge < -0.3 is 14.3 Å². The zero-order chi connectivity index (χ0) is 18.8. The molecule has 2 atom stereocenters. The molecule has 1 aliphatic rings. The number of furan rings is 1. The van der Waals surface area contributed by atoms with E-state index in [0.717, 1.165) is 13.0 Å². The van der Waals surface area contributed by atoms with Gasteiger partial charge in [0.1, 0.15) is 17.5 Å². The highest BCUT2D eigenvalue weighted by Crippen LogP contribution is 2.23. The Balaban J connectivity index is 1.64. The summed E-state index contributed by atoms with van der Waals surface area (Å²) in [5.41, 5.74) is 0.244. The summed E-state index contributed by atoms with van der Waals surface area (Å²) >= 11 is 0. The second-order valence-electron chi connectivity index (χ2n) is 7.35. The first-order valence-corrected chi connectivity index (χ1v) is 9.38. The van der Waals surface area contributed by atoms with Crippen molar-refractivity contribution in [1.29, 1.82) is 0 Å². The molecule has 1 aliphatic heterocycles. The second kappa shape index (κ2) is 7.61. The molecule has 7 heteroatoms. The Labute approximate surface area is 153 Å². The van der Waals surface area contributed by atoms with Gasteiger partial charge >= 0.3 is 0 Å². The first kappa shape index (κ1) is 18.6. The molecular weight excluding hydrogens is 332 g/mol. The van der Waals surface area contributed by atoms with Gasteiger partial charge in [0.2, 0.25) is 5.71 Å². The highest BCUT2D eigenvalue weighted by Gasteiger charge is 2.25.